The molecule has 0 saturated heterocycles. The highest BCUT2D eigenvalue weighted by Gasteiger charge is 1.88. The molecule has 0 unspecified atom stereocenters. The highest BCUT2D eigenvalue weighted by Crippen LogP contribution is 2.05. The fraction of sp³-hybridized carbons (Fsp3) is 0. The summed E-state index contributed by atoms with van der Waals surface area (Å²) < 4.78 is 32.9. The first-order valence-corrected chi connectivity index (χ1v) is 1.86. The van der Waals surface area contributed by atoms with E-state index in [4.69, 9.17) is 9.22 Å². The summed E-state index contributed by atoms with van der Waals surface area (Å²) in [6.45, 7) is 0. The van der Waals surface area contributed by atoms with Gasteiger partial charge in [-0.15, -0.1) is 0 Å². The lowest BCUT2D eigenvalue weighted by Gasteiger charge is -1.86. The van der Waals surface area contributed by atoms with E-state index in [-0.39, 0.29) is 0 Å². The Morgan fingerprint density at radius 2 is 2.62 bits per heavy atom. The predicted molar refractivity (Wildman–Crippen MR) is 25.9 cm³/mol. The first kappa shape index (κ1) is 2.44. The minimum atomic E-state index is -1.23. The number of aromatic nitrogens is 1. The Labute approximate surface area is 49.8 Å². The highest BCUT2D eigenvalue weighted by molar-refractivity contribution is 5.14. The molecule has 0 aliphatic rings. The van der Waals surface area contributed by atoms with Crippen LogP contribution in [0.4, 0.5) is 4.39 Å². The molecule has 8 heavy (non-hydrogen) atoms. The van der Waals surface area contributed by atoms with Crippen molar-refractivity contribution >= 4 is 0 Å². The minimum absolute atomic E-state index is 0.628. The van der Waals surface area contributed by atoms with Gasteiger partial charge in [0.05, 0.1) is 4.11 Å². The van der Waals surface area contributed by atoms with E-state index in [1.54, 1.807) is 0 Å². The van der Waals surface area contributed by atoms with E-state index in [2.05, 4.69) is 4.98 Å². The van der Waals surface area contributed by atoms with Gasteiger partial charge < -0.3 is 5.11 Å². The lowest BCUT2D eigenvalue weighted by molar-refractivity contribution is 0.464. The molecule has 1 aromatic heterocycles. The Hall–Kier alpha value is -1.12. The maximum atomic E-state index is 12.4. The van der Waals surface area contributed by atoms with E-state index in [0.717, 1.165) is 0 Å². The van der Waals surface area contributed by atoms with Crippen LogP contribution in [-0.4, -0.2) is 10.1 Å². The van der Waals surface area contributed by atoms with Crippen molar-refractivity contribution in [2.75, 3.05) is 0 Å². The van der Waals surface area contributed by atoms with Gasteiger partial charge in [0.1, 0.15) is 5.75 Å². The number of aromatic hydroxyl groups is 1. The van der Waals surface area contributed by atoms with Crippen LogP contribution in [-0.2, 0) is 0 Å². The molecule has 0 spiro atoms. The Bertz CT molecular complexity index is 278. The van der Waals surface area contributed by atoms with E-state index < -0.39 is 30.0 Å². The molecule has 0 aliphatic carbocycles. The lowest BCUT2D eigenvalue weighted by atomic mass is 10.5. The molecule has 1 rings (SSSR count). The van der Waals surface area contributed by atoms with Crippen LogP contribution in [0.2, 0.25) is 0 Å². The van der Waals surface area contributed by atoms with Crippen LogP contribution in [0, 0.1) is 5.95 Å². The van der Waals surface area contributed by atoms with Crippen molar-refractivity contribution in [3.05, 3.63) is 24.2 Å². The molecule has 0 aromatic carbocycles. The van der Waals surface area contributed by atoms with Crippen molar-refractivity contribution in [1.29, 1.82) is 0 Å². The second kappa shape index (κ2) is 1.78. The minimum Gasteiger partial charge on any atom is -0.508 e. The number of nitrogens with zero attached hydrogens (tertiary/aromatic N) is 1. The second-order valence-electron chi connectivity index (χ2n) is 1.11. The van der Waals surface area contributed by atoms with Gasteiger partial charge in [0.2, 0.25) is 5.95 Å². The number of hydrogen-bond donors (Lipinski definition) is 1. The molecule has 0 bridgehead atoms. The zero-order chi connectivity index (χ0) is 8.59. The maximum absolute atomic E-state index is 12.4. The van der Waals surface area contributed by atoms with E-state index in [9.17, 15) is 4.39 Å². The van der Waals surface area contributed by atoms with Crippen LogP contribution >= 0.6 is 0 Å². The van der Waals surface area contributed by atoms with E-state index in [0.29, 0.717) is 0 Å². The second-order valence-corrected chi connectivity index (χ2v) is 1.11. The molecular weight excluding hydrogens is 109 g/mol. The van der Waals surface area contributed by atoms with Crippen molar-refractivity contribution < 1.29 is 13.6 Å². The molecule has 1 N–H and O–H groups in total. The smallest absolute Gasteiger partial charge is 0.216 e. The molecule has 42 valence electrons. The van der Waals surface area contributed by atoms with Crippen molar-refractivity contribution in [2.45, 2.75) is 0 Å². The van der Waals surface area contributed by atoms with E-state index >= 15 is 0 Å². The van der Waals surface area contributed by atoms with Gasteiger partial charge in [-0.1, -0.05) is 0 Å². The van der Waals surface area contributed by atoms with Gasteiger partial charge in [-0.25, -0.2) is 4.98 Å². The summed E-state index contributed by atoms with van der Waals surface area (Å²) in [6.07, 6.45) is -0.670. The van der Waals surface area contributed by atoms with Crippen LogP contribution < -0.4 is 0 Å². The van der Waals surface area contributed by atoms with Crippen molar-refractivity contribution in [3.8, 4) is 5.75 Å². The molecule has 2 nitrogen and oxygen atoms in total. The quantitative estimate of drug-likeness (QED) is 0.511. The number of halogens is 1. The number of rotatable bonds is 0. The van der Waals surface area contributed by atoms with Crippen molar-refractivity contribution in [2.24, 2.45) is 0 Å². The molecule has 1 aromatic rings. The summed E-state index contributed by atoms with van der Waals surface area (Å²) in [5, 5.41) is 8.79. The fourth-order valence-corrected chi connectivity index (χ4v) is 0.287. The first-order valence-electron chi connectivity index (χ1n) is 3.36. The molecule has 0 amide bonds. The average molecular weight is 116 g/mol. The Balaban J connectivity index is 3.46. The largest absolute Gasteiger partial charge is 0.508 e. The van der Waals surface area contributed by atoms with Crippen LogP contribution in [0.3, 0.4) is 0 Å². The zero-order valence-corrected chi connectivity index (χ0v) is 3.77. The molecule has 0 saturated carbocycles. The third-order valence-corrected chi connectivity index (χ3v) is 0.550. The van der Waals surface area contributed by atoms with Crippen LogP contribution in [0.25, 0.3) is 0 Å². The van der Waals surface area contributed by atoms with Crippen LogP contribution in [0.1, 0.15) is 4.11 Å². The van der Waals surface area contributed by atoms with Crippen molar-refractivity contribution in [3.63, 3.8) is 0 Å². The summed E-state index contributed by atoms with van der Waals surface area (Å²) in [6, 6.07) is -1.47. The number of pyridine rings is 1. The molecule has 3 heteroatoms. The Morgan fingerprint density at radius 3 is 3.38 bits per heavy atom. The molecule has 1 heterocycles. The average Bonchev–Trinajstić information content (AvgIpc) is 1.97. The molecule has 0 fully saturated rings. The fourth-order valence-electron chi connectivity index (χ4n) is 0.287. The molecular formula is C5H4FNO. The van der Waals surface area contributed by atoms with Gasteiger partial charge in [0, 0.05) is 12.2 Å². The molecule has 0 aliphatic heterocycles. The van der Waals surface area contributed by atoms with Gasteiger partial charge >= 0.3 is 0 Å². The van der Waals surface area contributed by atoms with Gasteiger partial charge in [0.25, 0.3) is 0 Å². The van der Waals surface area contributed by atoms with Gasteiger partial charge in [-0.3, -0.25) is 0 Å². The summed E-state index contributed by atoms with van der Waals surface area (Å²) in [5.74, 6) is -2.08. The van der Waals surface area contributed by atoms with Gasteiger partial charge in [-0.05, 0) is 6.04 Å². The highest BCUT2D eigenvalue weighted by atomic mass is 19.1. The normalized spacial score (nSPS) is 14.4. The summed E-state index contributed by atoms with van der Waals surface area (Å²) >= 11 is 0. The summed E-state index contributed by atoms with van der Waals surface area (Å²) in [7, 11) is 0. The van der Waals surface area contributed by atoms with Gasteiger partial charge in [-0.2, -0.15) is 4.39 Å². The maximum Gasteiger partial charge on any atom is 0.216 e. The SMILES string of the molecule is [2H]c1nc(F)c([2H])c(O)c1[2H]. The third kappa shape index (κ3) is 0.932. The van der Waals surface area contributed by atoms with Crippen LogP contribution in [0.15, 0.2) is 18.3 Å². The summed E-state index contributed by atoms with van der Waals surface area (Å²) in [4.78, 5) is 2.90. The topological polar surface area (TPSA) is 33.1 Å². The Kier molecular flexibility index (Phi) is 0.541. The predicted octanol–water partition coefficient (Wildman–Crippen LogP) is 0.926. The van der Waals surface area contributed by atoms with Gasteiger partial charge in [0.15, 0.2) is 0 Å². The molecule has 0 atom stereocenters. The first-order chi connectivity index (χ1) is 5.04. The zero-order valence-electron chi connectivity index (χ0n) is 6.77. The monoisotopic (exact) mass is 116 g/mol. The van der Waals surface area contributed by atoms with E-state index in [1.807, 2.05) is 0 Å². The van der Waals surface area contributed by atoms with E-state index in [1.165, 1.54) is 0 Å². The lowest BCUT2D eigenvalue weighted by Crippen LogP contribution is -1.76. The Morgan fingerprint density at radius 1 is 1.88 bits per heavy atom. The van der Waals surface area contributed by atoms with Crippen LogP contribution in [0.5, 0.6) is 5.75 Å². The third-order valence-electron chi connectivity index (χ3n) is 0.550. The summed E-state index contributed by atoms with van der Waals surface area (Å²) in [5.41, 5.74) is 0. The number of hydrogen-bond acceptors (Lipinski definition) is 2. The molecule has 0 radical (unpaired) electrons. The van der Waals surface area contributed by atoms with Crippen molar-refractivity contribution in [1.82, 2.24) is 4.98 Å². The standard InChI is InChI=1S/C5H4FNO/c6-5-3-4(8)1-2-7-5/h1-3H,(H,7,8)/i1D,2D,3D.